The Morgan fingerprint density at radius 1 is 0.750 bits per heavy atom. The molecule has 0 fully saturated rings. The molecule has 0 aliphatic rings. The first-order valence-electron chi connectivity index (χ1n) is 11.2. The molecule has 0 bridgehead atoms. The van der Waals surface area contributed by atoms with Gasteiger partial charge in [0, 0.05) is 0 Å². The molecule has 0 unspecified atom stereocenters. The third-order valence-electron chi connectivity index (χ3n) is 6.34. The fourth-order valence-corrected chi connectivity index (χ4v) is 4.29. The number of esters is 1. The molecular weight excluding hydrogens is 412 g/mol. The highest BCUT2D eigenvalue weighted by Crippen LogP contribution is 2.38. The van der Waals surface area contributed by atoms with Gasteiger partial charge >= 0.3 is 5.97 Å². The molecule has 0 aliphatic carbocycles. The minimum absolute atomic E-state index is 0.0642. The number of rotatable bonds is 8. The van der Waals surface area contributed by atoms with Crippen LogP contribution in [0, 0.1) is 0 Å². The summed E-state index contributed by atoms with van der Waals surface area (Å²) in [6.07, 6.45) is -0.469. The molecule has 168 valence electrons. The molecular formula is C28H34O3Si. The lowest BCUT2D eigenvalue weighted by Crippen LogP contribution is -2.42. The van der Waals surface area contributed by atoms with E-state index in [0.29, 0.717) is 6.61 Å². The van der Waals surface area contributed by atoms with E-state index in [2.05, 4.69) is 33.9 Å². The highest BCUT2D eigenvalue weighted by molar-refractivity contribution is 6.74. The predicted molar refractivity (Wildman–Crippen MR) is 133 cm³/mol. The second kappa shape index (κ2) is 10.3. The normalized spacial score (nSPS) is 13.1. The molecule has 0 radical (unpaired) electrons. The summed E-state index contributed by atoms with van der Waals surface area (Å²) in [7, 11) is -2.02. The minimum atomic E-state index is -2.02. The van der Waals surface area contributed by atoms with Crippen molar-refractivity contribution in [2.45, 2.75) is 50.9 Å². The van der Waals surface area contributed by atoms with Crippen molar-refractivity contribution >= 4 is 14.3 Å². The van der Waals surface area contributed by atoms with Gasteiger partial charge in [-0.3, -0.25) is 4.79 Å². The van der Waals surface area contributed by atoms with Gasteiger partial charge in [0.2, 0.25) is 0 Å². The Bertz CT molecular complexity index is 940. The lowest BCUT2D eigenvalue weighted by Gasteiger charge is -2.37. The van der Waals surface area contributed by atoms with Crippen LogP contribution in [-0.4, -0.2) is 20.9 Å². The molecule has 0 saturated heterocycles. The van der Waals surface area contributed by atoms with Gasteiger partial charge in [-0.2, -0.15) is 0 Å². The second-order valence-corrected chi connectivity index (χ2v) is 14.5. The molecule has 32 heavy (non-hydrogen) atoms. The smallest absolute Gasteiger partial charge is 0.316 e. The van der Waals surface area contributed by atoms with E-state index in [1.807, 2.05) is 91.0 Å². The van der Waals surface area contributed by atoms with Crippen LogP contribution in [0.15, 0.2) is 91.0 Å². The monoisotopic (exact) mass is 446 g/mol. The SMILES string of the molecule is CC(C)(C)[Si](C)(C)OC[C@@H](C(=O)OC(c1ccccc1)c1ccccc1)c1ccccc1. The number of carbonyl (C=O) groups excluding carboxylic acids is 1. The Labute approximate surface area is 193 Å². The van der Waals surface area contributed by atoms with Crippen molar-refractivity contribution < 1.29 is 14.0 Å². The van der Waals surface area contributed by atoms with Crippen LogP contribution in [0.3, 0.4) is 0 Å². The molecule has 3 nitrogen and oxygen atoms in total. The van der Waals surface area contributed by atoms with Crippen LogP contribution >= 0.6 is 0 Å². The number of benzene rings is 3. The summed E-state index contributed by atoms with van der Waals surface area (Å²) in [5.41, 5.74) is 2.81. The third kappa shape index (κ3) is 5.96. The molecule has 3 aromatic rings. The van der Waals surface area contributed by atoms with Crippen molar-refractivity contribution in [1.29, 1.82) is 0 Å². The molecule has 0 aromatic heterocycles. The fourth-order valence-electron chi connectivity index (χ4n) is 3.28. The predicted octanol–water partition coefficient (Wildman–Crippen LogP) is 7.12. The molecule has 0 spiro atoms. The van der Waals surface area contributed by atoms with Gasteiger partial charge in [0.05, 0.1) is 6.61 Å². The van der Waals surface area contributed by atoms with Gasteiger partial charge in [0.25, 0.3) is 0 Å². The second-order valence-electron chi connectivity index (χ2n) is 9.67. The molecule has 0 N–H and O–H groups in total. The van der Waals surface area contributed by atoms with Crippen LogP contribution in [0.2, 0.25) is 18.1 Å². The van der Waals surface area contributed by atoms with Crippen molar-refractivity contribution in [3.8, 4) is 0 Å². The van der Waals surface area contributed by atoms with Crippen molar-refractivity contribution in [3.05, 3.63) is 108 Å². The van der Waals surface area contributed by atoms with E-state index >= 15 is 0 Å². The zero-order valence-electron chi connectivity index (χ0n) is 19.7. The van der Waals surface area contributed by atoms with Gasteiger partial charge in [0.1, 0.15) is 5.92 Å². The average Bonchev–Trinajstić information content (AvgIpc) is 2.78. The van der Waals surface area contributed by atoms with Crippen LogP contribution in [0.4, 0.5) is 0 Å². The molecule has 3 rings (SSSR count). The van der Waals surface area contributed by atoms with E-state index in [0.717, 1.165) is 16.7 Å². The van der Waals surface area contributed by atoms with Crippen LogP contribution in [-0.2, 0) is 14.0 Å². The summed E-state index contributed by atoms with van der Waals surface area (Å²) in [4.78, 5) is 13.6. The maximum Gasteiger partial charge on any atom is 0.316 e. The number of hydrogen-bond donors (Lipinski definition) is 0. The Hall–Kier alpha value is -2.69. The van der Waals surface area contributed by atoms with E-state index in [-0.39, 0.29) is 11.0 Å². The van der Waals surface area contributed by atoms with Gasteiger partial charge in [-0.25, -0.2) is 0 Å². The van der Waals surface area contributed by atoms with E-state index in [1.54, 1.807) is 0 Å². The number of hydrogen-bond acceptors (Lipinski definition) is 3. The van der Waals surface area contributed by atoms with Crippen molar-refractivity contribution in [2.24, 2.45) is 0 Å². The van der Waals surface area contributed by atoms with Crippen molar-refractivity contribution in [1.82, 2.24) is 0 Å². The molecule has 0 saturated carbocycles. The quantitative estimate of drug-likeness (QED) is 0.273. The topological polar surface area (TPSA) is 35.5 Å². The van der Waals surface area contributed by atoms with E-state index < -0.39 is 20.3 Å². The van der Waals surface area contributed by atoms with Crippen LogP contribution < -0.4 is 0 Å². The van der Waals surface area contributed by atoms with Crippen LogP contribution in [0.5, 0.6) is 0 Å². The molecule has 1 atom stereocenters. The molecule has 3 aromatic carbocycles. The molecule has 0 aliphatic heterocycles. The van der Waals surface area contributed by atoms with Crippen molar-refractivity contribution in [3.63, 3.8) is 0 Å². The van der Waals surface area contributed by atoms with Gasteiger partial charge < -0.3 is 9.16 Å². The standard InChI is InChI=1S/C28H34O3Si/c1-28(2,3)32(4,5)30-21-25(22-15-9-6-10-16-22)27(29)31-26(23-17-11-7-12-18-23)24-19-13-8-14-20-24/h6-20,25-26H,21H2,1-5H3/t25-/m1/s1. The summed E-state index contributed by atoms with van der Waals surface area (Å²) in [6.45, 7) is 11.3. The Kier molecular flexibility index (Phi) is 7.70. The van der Waals surface area contributed by atoms with Gasteiger partial charge in [-0.15, -0.1) is 0 Å². The Morgan fingerprint density at radius 3 is 1.56 bits per heavy atom. The van der Waals surface area contributed by atoms with Gasteiger partial charge in [-0.05, 0) is 34.8 Å². The maximum atomic E-state index is 13.6. The van der Waals surface area contributed by atoms with E-state index in [1.165, 1.54) is 0 Å². The summed E-state index contributed by atoms with van der Waals surface area (Å²) < 4.78 is 12.6. The lowest BCUT2D eigenvalue weighted by atomic mass is 9.98. The van der Waals surface area contributed by atoms with Gasteiger partial charge in [-0.1, -0.05) is 112 Å². The largest absolute Gasteiger partial charge is 0.452 e. The first-order chi connectivity index (χ1) is 15.2. The van der Waals surface area contributed by atoms with Crippen LogP contribution in [0.1, 0.15) is 49.5 Å². The lowest BCUT2D eigenvalue weighted by molar-refractivity contribution is -0.150. The molecule has 4 heteroatoms. The molecule has 0 amide bonds. The number of ether oxygens (including phenoxy) is 1. The number of carbonyl (C=O) groups is 1. The Morgan fingerprint density at radius 2 is 1.16 bits per heavy atom. The van der Waals surface area contributed by atoms with Crippen molar-refractivity contribution in [2.75, 3.05) is 6.61 Å². The minimum Gasteiger partial charge on any atom is -0.452 e. The summed E-state index contributed by atoms with van der Waals surface area (Å²) >= 11 is 0. The molecule has 0 heterocycles. The maximum absolute atomic E-state index is 13.6. The van der Waals surface area contributed by atoms with E-state index in [4.69, 9.17) is 9.16 Å². The van der Waals surface area contributed by atoms with Crippen LogP contribution in [0.25, 0.3) is 0 Å². The van der Waals surface area contributed by atoms with E-state index in [9.17, 15) is 4.79 Å². The zero-order chi connectivity index (χ0) is 23.2. The fraction of sp³-hybridized carbons (Fsp3) is 0.321. The Balaban J connectivity index is 1.89. The van der Waals surface area contributed by atoms with Gasteiger partial charge in [0.15, 0.2) is 14.4 Å². The first-order valence-corrected chi connectivity index (χ1v) is 14.1. The summed E-state index contributed by atoms with van der Waals surface area (Å²) in [6, 6.07) is 29.6. The highest BCUT2D eigenvalue weighted by Gasteiger charge is 2.39. The first kappa shape index (κ1) is 24.0. The third-order valence-corrected chi connectivity index (χ3v) is 10.8. The zero-order valence-corrected chi connectivity index (χ0v) is 20.7. The summed E-state index contributed by atoms with van der Waals surface area (Å²) in [5.74, 6) is -0.757. The summed E-state index contributed by atoms with van der Waals surface area (Å²) in [5, 5.41) is 0.0642. The highest BCUT2D eigenvalue weighted by atomic mass is 28.4. The average molecular weight is 447 g/mol.